The molecule has 2 aromatic heterocycles. The number of hydrogen-bond acceptors (Lipinski definition) is 6. The van der Waals surface area contributed by atoms with Crippen molar-refractivity contribution in [2.24, 2.45) is 0 Å². The van der Waals surface area contributed by atoms with Gasteiger partial charge in [-0.1, -0.05) is 0 Å². The molecule has 2 N–H and O–H groups in total. The van der Waals surface area contributed by atoms with Crippen LogP contribution in [0.1, 0.15) is 40.3 Å². The number of carbonyl (C=O) groups is 1. The maximum absolute atomic E-state index is 13.1. The van der Waals surface area contributed by atoms with Crippen LogP contribution < -0.4 is 10.6 Å². The molecular weight excluding hydrogens is 444 g/mol. The van der Waals surface area contributed by atoms with Gasteiger partial charge in [-0.2, -0.15) is 36.0 Å². The first kappa shape index (κ1) is 23.0. The van der Waals surface area contributed by atoms with Gasteiger partial charge in [0.2, 0.25) is 5.95 Å². The van der Waals surface area contributed by atoms with Crippen molar-refractivity contribution in [3.8, 4) is 5.95 Å². The van der Waals surface area contributed by atoms with Gasteiger partial charge in [0, 0.05) is 25.0 Å². The van der Waals surface area contributed by atoms with Crippen LogP contribution in [0.25, 0.3) is 5.95 Å². The Morgan fingerprint density at radius 3 is 2.06 bits per heavy atom. The fourth-order valence-electron chi connectivity index (χ4n) is 2.69. The Morgan fingerprint density at radius 1 is 1.00 bits per heavy atom. The third-order valence-electron chi connectivity index (χ3n) is 4.18. The van der Waals surface area contributed by atoms with E-state index in [4.69, 9.17) is 0 Å². The molecule has 0 saturated heterocycles. The van der Waals surface area contributed by atoms with Crippen molar-refractivity contribution >= 4 is 11.9 Å². The summed E-state index contributed by atoms with van der Waals surface area (Å²) in [5.41, 5.74) is -4.00. The molecule has 32 heavy (non-hydrogen) atoms. The lowest BCUT2D eigenvalue weighted by Crippen LogP contribution is -2.29. The van der Waals surface area contributed by atoms with E-state index in [2.05, 4.69) is 30.7 Å². The largest absolute Gasteiger partial charge is 0.416 e. The van der Waals surface area contributed by atoms with Gasteiger partial charge < -0.3 is 10.6 Å². The average Bonchev–Trinajstić information content (AvgIpc) is 3.17. The van der Waals surface area contributed by atoms with Crippen molar-refractivity contribution in [3.63, 3.8) is 0 Å². The van der Waals surface area contributed by atoms with Crippen molar-refractivity contribution in [2.45, 2.75) is 25.3 Å². The topological polar surface area (TPSA) is 97.6 Å². The number of alkyl halides is 6. The minimum absolute atomic E-state index is 0.0528. The van der Waals surface area contributed by atoms with E-state index in [0.29, 0.717) is 12.1 Å². The summed E-state index contributed by atoms with van der Waals surface area (Å²) in [5.74, 6) is -0.844. The van der Waals surface area contributed by atoms with Crippen LogP contribution in [-0.2, 0) is 12.4 Å². The molecule has 0 aliphatic rings. The first-order valence-electron chi connectivity index (χ1n) is 8.92. The highest BCUT2D eigenvalue weighted by Crippen LogP contribution is 2.36. The summed E-state index contributed by atoms with van der Waals surface area (Å²) in [7, 11) is 1.53. The van der Waals surface area contributed by atoms with Crippen molar-refractivity contribution < 1.29 is 31.1 Å². The van der Waals surface area contributed by atoms with Gasteiger partial charge in [0.15, 0.2) is 5.82 Å². The van der Waals surface area contributed by atoms with E-state index < -0.39 is 41.0 Å². The van der Waals surface area contributed by atoms with E-state index in [1.54, 1.807) is 6.07 Å². The molecule has 14 heteroatoms. The van der Waals surface area contributed by atoms with Crippen molar-refractivity contribution in [2.75, 3.05) is 12.4 Å². The van der Waals surface area contributed by atoms with Gasteiger partial charge >= 0.3 is 12.4 Å². The average molecular weight is 459 g/mol. The number of carbonyl (C=O) groups excluding carboxylic acids is 1. The molecule has 3 aromatic rings. The van der Waals surface area contributed by atoms with Crippen LogP contribution in [0.5, 0.6) is 0 Å². The highest BCUT2D eigenvalue weighted by molar-refractivity contribution is 5.94. The fraction of sp³-hybridized carbons (Fsp3) is 0.278. The van der Waals surface area contributed by atoms with Crippen LogP contribution in [0, 0.1) is 0 Å². The van der Waals surface area contributed by atoms with Crippen molar-refractivity contribution in [1.82, 2.24) is 30.0 Å². The van der Waals surface area contributed by atoms with E-state index in [1.807, 2.05) is 0 Å². The second-order valence-corrected chi connectivity index (χ2v) is 6.49. The third kappa shape index (κ3) is 4.95. The Labute approximate surface area is 176 Å². The molecule has 1 aromatic carbocycles. The SMILES string of the molecule is CNc1nc(C(C)NC(=O)c2cc(C(F)(F)F)cc(C(F)(F)F)c2)n(-c2ncccn2)n1. The van der Waals surface area contributed by atoms with Crippen molar-refractivity contribution in [1.29, 1.82) is 0 Å². The molecule has 1 atom stereocenters. The zero-order valence-corrected chi connectivity index (χ0v) is 16.5. The number of nitrogens with one attached hydrogen (secondary N) is 2. The Balaban J connectivity index is 1.95. The number of amides is 1. The molecule has 0 radical (unpaired) electrons. The molecular formula is C18H15F6N7O. The van der Waals surface area contributed by atoms with E-state index >= 15 is 0 Å². The monoisotopic (exact) mass is 459 g/mol. The number of rotatable bonds is 5. The van der Waals surface area contributed by atoms with E-state index in [-0.39, 0.29) is 23.8 Å². The lowest BCUT2D eigenvalue weighted by atomic mass is 10.0. The fourth-order valence-corrected chi connectivity index (χ4v) is 2.69. The number of aromatic nitrogens is 5. The second-order valence-electron chi connectivity index (χ2n) is 6.49. The molecule has 8 nitrogen and oxygen atoms in total. The normalized spacial score (nSPS) is 13.0. The van der Waals surface area contributed by atoms with Crippen LogP contribution >= 0.6 is 0 Å². The highest BCUT2D eigenvalue weighted by atomic mass is 19.4. The van der Waals surface area contributed by atoms with Gasteiger partial charge in [0.25, 0.3) is 11.9 Å². The van der Waals surface area contributed by atoms with Crippen LogP contribution in [-0.4, -0.2) is 37.7 Å². The number of anilines is 1. The van der Waals surface area contributed by atoms with Gasteiger partial charge in [-0.15, -0.1) is 5.10 Å². The number of nitrogens with zero attached hydrogens (tertiary/aromatic N) is 5. The predicted molar refractivity (Wildman–Crippen MR) is 98.8 cm³/mol. The highest BCUT2D eigenvalue weighted by Gasteiger charge is 2.37. The number of benzene rings is 1. The van der Waals surface area contributed by atoms with Crippen LogP contribution in [0.3, 0.4) is 0 Å². The zero-order chi connectivity index (χ0) is 23.7. The van der Waals surface area contributed by atoms with Gasteiger partial charge in [-0.25, -0.2) is 9.97 Å². The molecule has 0 aliphatic heterocycles. The molecule has 1 amide bonds. The Hall–Kier alpha value is -3.71. The first-order chi connectivity index (χ1) is 14.9. The molecule has 0 bridgehead atoms. The zero-order valence-electron chi connectivity index (χ0n) is 16.5. The molecule has 0 aliphatic carbocycles. The summed E-state index contributed by atoms with van der Waals surface area (Å²) in [6, 6.07) is 1.21. The predicted octanol–water partition coefficient (Wildman–Crippen LogP) is 3.63. The van der Waals surface area contributed by atoms with E-state index in [1.165, 1.54) is 31.0 Å². The first-order valence-corrected chi connectivity index (χ1v) is 8.92. The summed E-state index contributed by atoms with van der Waals surface area (Å²) in [6.45, 7) is 1.43. The van der Waals surface area contributed by atoms with Crippen LogP contribution in [0.15, 0.2) is 36.7 Å². The van der Waals surface area contributed by atoms with Crippen molar-refractivity contribution in [3.05, 3.63) is 59.2 Å². The van der Waals surface area contributed by atoms with Gasteiger partial charge in [0.05, 0.1) is 17.2 Å². The lowest BCUT2D eigenvalue weighted by Gasteiger charge is -2.16. The Kier molecular flexibility index (Phi) is 6.05. The second kappa shape index (κ2) is 8.43. The summed E-state index contributed by atoms with van der Waals surface area (Å²) in [5, 5.41) is 9.13. The summed E-state index contributed by atoms with van der Waals surface area (Å²) in [6.07, 6.45) is -7.29. The molecule has 0 saturated carbocycles. The molecule has 2 heterocycles. The smallest absolute Gasteiger partial charge is 0.356 e. The standard InChI is InChI=1S/C18H15F6N7O/c1-9(13-29-15(25-2)30-31(13)16-26-4-3-5-27-16)28-14(32)10-6-11(17(19,20)21)8-12(7-10)18(22,23)24/h3-9H,1-2H3,(H,25,30)(H,28,32). The van der Waals surface area contributed by atoms with Gasteiger partial charge in [-0.3, -0.25) is 4.79 Å². The number of halogens is 6. The van der Waals surface area contributed by atoms with E-state index in [0.717, 1.165) is 0 Å². The van der Waals surface area contributed by atoms with Gasteiger partial charge in [-0.05, 0) is 31.2 Å². The lowest BCUT2D eigenvalue weighted by molar-refractivity contribution is -0.143. The van der Waals surface area contributed by atoms with Crippen LogP contribution in [0.4, 0.5) is 32.3 Å². The maximum atomic E-state index is 13.1. The maximum Gasteiger partial charge on any atom is 0.416 e. The van der Waals surface area contributed by atoms with Gasteiger partial charge in [0.1, 0.15) is 0 Å². The summed E-state index contributed by atoms with van der Waals surface area (Å²) >= 11 is 0. The molecule has 0 spiro atoms. The number of hydrogen-bond donors (Lipinski definition) is 2. The molecule has 3 rings (SSSR count). The molecule has 0 fully saturated rings. The Morgan fingerprint density at radius 2 is 1.56 bits per heavy atom. The Bertz CT molecular complexity index is 1080. The van der Waals surface area contributed by atoms with Crippen LogP contribution in [0.2, 0.25) is 0 Å². The summed E-state index contributed by atoms with van der Waals surface area (Å²) in [4.78, 5) is 24.7. The summed E-state index contributed by atoms with van der Waals surface area (Å²) < 4.78 is 79.6. The molecule has 1 unspecified atom stereocenters. The molecule has 170 valence electrons. The quantitative estimate of drug-likeness (QED) is 0.566. The van der Waals surface area contributed by atoms with E-state index in [9.17, 15) is 31.1 Å². The minimum atomic E-state index is -5.07. The third-order valence-corrected chi connectivity index (χ3v) is 4.18. The minimum Gasteiger partial charge on any atom is -0.356 e.